The van der Waals surface area contributed by atoms with E-state index in [0.29, 0.717) is 13.0 Å². The van der Waals surface area contributed by atoms with Crippen LogP contribution in [-0.4, -0.2) is 17.4 Å². The fourth-order valence-electron chi connectivity index (χ4n) is 2.16. The van der Waals surface area contributed by atoms with E-state index in [0.717, 1.165) is 34.1 Å². The van der Waals surface area contributed by atoms with Crippen LogP contribution in [0.25, 0.3) is 0 Å². The number of hydrogen-bond donors (Lipinski definition) is 1. The molecule has 1 amide bonds. The third kappa shape index (κ3) is 5.14. The first kappa shape index (κ1) is 16.0. The Labute approximate surface area is 134 Å². The van der Waals surface area contributed by atoms with E-state index in [2.05, 4.69) is 10.3 Å². The maximum Gasteiger partial charge on any atom is 0.220 e. The first-order valence-electron chi connectivity index (χ1n) is 6.98. The van der Waals surface area contributed by atoms with Gasteiger partial charge >= 0.3 is 0 Å². The fraction of sp³-hybridized carbons (Fsp3) is 0.375. The van der Waals surface area contributed by atoms with Crippen molar-refractivity contribution in [3.63, 3.8) is 0 Å². The van der Waals surface area contributed by atoms with Crippen molar-refractivity contribution < 1.29 is 4.79 Å². The number of halogens is 1. The molecule has 2 rings (SSSR count). The van der Waals surface area contributed by atoms with Crippen LogP contribution in [0.2, 0.25) is 5.02 Å². The lowest BCUT2D eigenvalue weighted by Gasteiger charge is -2.05. The molecule has 0 atom stereocenters. The summed E-state index contributed by atoms with van der Waals surface area (Å²) in [6, 6.07) is 7.72. The van der Waals surface area contributed by atoms with Crippen molar-refractivity contribution in [1.29, 1.82) is 0 Å². The Hall–Kier alpha value is -1.39. The topological polar surface area (TPSA) is 42.0 Å². The molecule has 0 saturated carbocycles. The van der Waals surface area contributed by atoms with E-state index in [1.54, 1.807) is 11.3 Å². The zero-order chi connectivity index (χ0) is 15.2. The molecule has 1 heterocycles. The number of nitrogens with one attached hydrogen (secondary N) is 1. The molecule has 1 N–H and O–H groups in total. The number of rotatable bonds is 6. The Morgan fingerprint density at radius 2 is 2.14 bits per heavy atom. The molecule has 0 aliphatic heterocycles. The number of thiazole rings is 1. The Kier molecular flexibility index (Phi) is 5.76. The molecule has 0 radical (unpaired) electrons. The van der Waals surface area contributed by atoms with Crippen LogP contribution in [0.15, 0.2) is 24.3 Å². The van der Waals surface area contributed by atoms with E-state index in [-0.39, 0.29) is 5.91 Å². The van der Waals surface area contributed by atoms with Gasteiger partial charge in [0.2, 0.25) is 5.91 Å². The van der Waals surface area contributed by atoms with Crippen LogP contribution in [0.4, 0.5) is 0 Å². The van der Waals surface area contributed by atoms with Gasteiger partial charge in [-0.05, 0) is 44.4 Å². The predicted octanol–water partition coefficient (Wildman–Crippen LogP) is 3.70. The Morgan fingerprint density at radius 1 is 1.33 bits per heavy atom. The standard InChI is InChI=1S/C16H19ClN2OS/c1-11-15(21-12(2)19-11)6-7-16(20)18-9-8-13-4-3-5-14(17)10-13/h3-5,10H,6-9H2,1-2H3,(H,18,20). The van der Waals surface area contributed by atoms with Crippen molar-refractivity contribution in [3.05, 3.63) is 50.4 Å². The van der Waals surface area contributed by atoms with Crippen LogP contribution in [-0.2, 0) is 17.6 Å². The molecule has 21 heavy (non-hydrogen) atoms. The molecular weight excluding hydrogens is 304 g/mol. The van der Waals surface area contributed by atoms with E-state index in [1.807, 2.05) is 38.1 Å². The molecule has 0 aliphatic rings. The van der Waals surface area contributed by atoms with Crippen molar-refractivity contribution in [1.82, 2.24) is 10.3 Å². The molecule has 1 aromatic heterocycles. The van der Waals surface area contributed by atoms with Crippen molar-refractivity contribution in [2.45, 2.75) is 33.1 Å². The molecule has 0 fully saturated rings. The highest BCUT2D eigenvalue weighted by atomic mass is 35.5. The van der Waals surface area contributed by atoms with Gasteiger partial charge in [0.05, 0.1) is 10.7 Å². The SMILES string of the molecule is Cc1nc(C)c(CCC(=O)NCCc2cccc(Cl)c2)s1. The molecule has 112 valence electrons. The van der Waals surface area contributed by atoms with Crippen molar-refractivity contribution in [3.8, 4) is 0 Å². The van der Waals surface area contributed by atoms with Gasteiger partial charge in [0.1, 0.15) is 0 Å². The molecule has 0 unspecified atom stereocenters. The molecule has 0 spiro atoms. The first-order chi connectivity index (χ1) is 10.0. The minimum Gasteiger partial charge on any atom is -0.356 e. The van der Waals surface area contributed by atoms with Gasteiger partial charge in [0.15, 0.2) is 0 Å². The third-order valence-corrected chi connectivity index (χ3v) is 4.57. The maximum atomic E-state index is 11.8. The number of nitrogens with zero attached hydrogens (tertiary/aromatic N) is 1. The molecule has 5 heteroatoms. The summed E-state index contributed by atoms with van der Waals surface area (Å²) in [5.74, 6) is 0.0856. The minimum atomic E-state index is 0.0856. The molecule has 0 aliphatic carbocycles. The lowest BCUT2D eigenvalue weighted by molar-refractivity contribution is -0.121. The van der Waals surface area contributed by atoms with Crippen LogP contribution in [0.1, 0.15) is 27.6 Å². The van der Waals surface area contributed by atoms with Gasteiger partial charge in [-0.2, -0.15) is 0 Å². The average Bonchev–Trinajstić information content (AvgIpc) is 2.75. The monoisotopic (exact) mass is 322 g/mol. The summed E-state index contributed by atoms with van der Waals surface area (Å²) < 4.78 is 0. The Balaban J connectivity index is 1.71. The third-order valence-electron chi connectivity index (χ3n) is 3.20. The van der Waals surface area contributed by atoms with Gasteiger partial charge in [-0.3, -0.25) is 4.79 Å². The van der Waals surface area contributed by atoms with E-state index >= 15 is 0 Å². The number of aryl methyl sites for hydroxylation is 3. The lowest BCUT2D eigenvalue weighted by Crippen LogP contribution is -2.25. The average molecular weight is 323 g/mol. The summed E-state index contributed by atoms with van der Waals surface area (Å²) >= 11 is 7.60. The second-order valence-corrected chi connectivity index (χ2v) is 6.70. The highest BCUT2D eigenvalue weighted by Crippen LogP contribution is 2.18. The van der Waals surface area contributed by atoms with Crippen molar-refractivity contribution in [2.75, 3.05) is 6.54 Å². The number of amides is 1. The summed E-state index contributed by atoms with van der Waals surface area (Å²) in [7, 11) is 0. The number of hydrogen-bond acceptors (Lipinski definition) is 3. The zero-order valence-electron chi connectivity index (χ0n) is 12.3. The van der Waals surface area contributed by atoms with Gasteiger partial charge in [0.25, 0.3) is 0 Å². The maximum absolute atomic E-state index is 11.8. The molecular formula is C16H19ClN2OS. The highest BCUT2D eigenvalue weighted by Gasteiger charge is 2.07. The largest absolute Gasteiger partial charge is 0.356 e. The van der Waals surface area contributed by atoms with Gasteiger partial charge in [0, 0.05) is 22.9 Å². The molecule has 1 aromatic carbocycles. The Bertz CT molecular complexity index is 624. The van der Waals surface area contributed by atoms with Crippen LogP contribution in [0.5, 0.6) is 0 Å². The summed E-state index contributed by atoms with van der Waals surface area (Å²) in [6.07, 6.45) is 2.07. The van der Waals surface area contributed by atoms with Crippen LogP contribution in [0.3, 0.4) is 0 Å². The van der Waals surface area contributed by atoms with Crippen LogP contribution >= 0.6 is 22.9 Å². The van der Waals surface area contributed by atoms with E-state index < -0.39 is 0 Å². The smallest absolute Gasteiger partial charge is 0.220 e. The fourth-order valence-corrected chi connectivity index (χ4v) is 3.31. The summed E-state index contributed by atoms with van der Waals surface area (Å²) in [4.78, 5) is 17.4. The summed E-state index contributed by atoms with van der Waals surface area (Å²) in [5, 5.41) is 4.74. The first-order valence-corrected chi connectivity index (χ1v) is 8.18. The quantitative estimate of drug-likeness (QED) is 0.881. The Morgan fingerprint density at radius 3 is 2.81 bits per heavy atom. The molecule has 2 aromatic rings. The lowest BCUT2D eigenvalue weighted by atomic mass is 10.1. The van der Waals surface area contributed by atoms with Gasteiger partial charge in [-0.25, -0.2) is 4.98 Å². The molecule has 3 nitrogen and oxygen atoms in total. The zero-order valence-corrected chi connectivity index (χ0v) is 13.9. The van der Waals surface area contributed by atoms with Crippen molar-refractivity contribution in [2.24, 2.45) is 0 Å². The van der Waals surface area contributed by atoms with Gasteiger partial charge in [-0.15, -0.1) is 11.3 Å². The molecule has 0 bridgehead atoms. The van der Waals surface area contributed by atoms with Gasteiger partial charge in [-0.1, -0.05) is 23.7 Å². The summed E-state index contributed by atoms with van der Waals surface area (Å²) in [5.41, 5.74) is 2.18. The van der Waals surface area contributed by atoms with E-state index in [4.69, 9.17) is 11.6 Å². The second-order valence-electron chi connectivity index (χ2n) is 4.97. The number of carbonyl (C=O) groups is 1. The normalized spacial score (nSPS) is 10.6. The van der Waals surface area contributed by atoms with Crippen LogP contribution in [0, 0.1) is 13.8 Å². The second kappa shape index (κ2) is 7.57. The molecule has 0 saturated heterocycles. The number of aromatic nitrogens is 1. The summed E-state index contributed by atoms with van der Waals surface area (Å²) in [6.45, 7) is 4.63. The minimum absolute atomic E-state index is 0.0856. The highest BCUT2D eigenvalue weighted by molar-refractivity contribution is 7.11. The van der Waals surface area contributed by atoms with E-state index in [9.17, 15) is 4.79 Å². The van der Waals surface area contributed by atoms with E-state index in [1.165, 1.54) is 4.88 Å². The number of benzene rings is 1. The predicted molar refractivity (Wildman–Crippen MR) is 88.1 cm³/mol. The van der Waals surface area contributed by atoms with Crippen LogP contribution < -0.4 is 5.32 Å². The number of carbonyl (C=O) groups excluding carboxylic acids is 1. The van der Waals surface area contributed by atoms with Gasteiger partial charge < -0.3 is 5.32 Å². The van der Waals surface area contributed by atoms with Crippen molar-refractivity contribution >= 4 is 28.8 Å².